The molecule has 1 aliphatic heterocycles. The first kappa shape index (κ1) is 21.4. The molecule has 0 radical (unpaired) electrons. The molecular weight excluding hydrogens is 442 g/mol. The number of aromatic nitrogens is 2. The molecule has 0 bridgehead atoms. The van der Waals surface area contributed by atoms with Crippen LogP contribution in [0.4, 0.5) is 8.78 Å². The van der Waals surface area contributed by atoms with E-state index in [1.165, 1.54) is 0 Å². The van der Waals surface area contributed by atoms with Gasteiger partial charge < -0.3 is 9.32 Å². The van der Waals surface area contributed by atoms with Crippen LogP contribution in [-0.4, -0.2) is 52.6 Å². The second-order valence-electron chi connectivity index (χ2n) is 8.72. The van der Waals surface area contributed by atoms with Gasteiger partial charge in [0.05, 0.1) is 11.1 Å². The molecule has 2 atom stereocenters. The van der Waals surface area contributed by atoms with Crippen molar-refractivity contribution < 1.29 is 26.4 Å². The van der Waals surface area contributed by atoms with Gasteiger partial charge in [-0.25, -0.2) is 8.42 Å². The number of rotatable bonds is 7. The Hall–Kier alpha value is -2.40. The third-order valence-electron chi connectivity index (χ3n) is 6.52. The summed E-state index contributed by atoms with van der Waals surface area (Å²) in [5.41, 5.74) is 1.73. The monoisotopic (exact) mass is 466 g/mol. The standard InChI is InChI=1S/C21H24F2N4O4S/c22-18(23)20-26-25-19(31-20)12-5-6-13-10-27(21(28)15(13)9-12)17-4-2-1-3-16(17)24-11-32(29,30)14-7-8-14/h5-6,9,14,16-18,24H,1-4,7-8,10-11H2/t16-,17-/m1/s1. The van der Waals surface area contributed by atoms with Crippen LogP contribution in [0.25, 0.3) is 11.5 Å². The fourth-order valence-corrected chi connectivity index (χ4v) is 6.19. The first-order chi connectivity index (χ1) is 15.3. The minimum absolute atomic E-state index is 0.0540. The molecule has 2 aliphatic carbocycles. The average molecular weight is 467 g/mol. The van der Waals surface area contributed by atoms with Crippen LogP contribution in [0.15, 0.2) is 22.6 Å². The summed E-state index contributed by atoms with van der Waals surface area (Å²) in [6.45, 7) is 0.429. The Morgan fingerprint density at radius 1 is 1.16 bits per heavy atom. The van der Waals surface area contributed by atoms with Gasteiger partial charge in [0, 0.05) is 29.8 Å². The molecule has 2 saturated carbocycles. The fourth-order valence-electron chi connectivity index (χ4n) is 4.65. The lowest BCUT2D eigenvalue weighted by atomic mass is 9.89. The summed E-state index contributed by atoms with van der Waals surface area (Å²) in [7, 11) is -3.13. The minimum atomic E-state index is -3.13. The Kier molecular flexibility index (Phi) is 5.48. The summed E-state index contributed by atoms with van der Waals surface area (Å²) >= 11 is 0. The Bertz CT molecular complexity index is 1130. The molecule has 2 heterocycles. The number of carbonyl (C=O) groups is 1. The first-order valence-electron chi connectivity index (χ1n) is 10.8. The highest BCUT2D eigenvalue weighted by Gasteiger charge is 2.40. The van der Waals surface area contributed by atoms with Gasteiger partial charge in [-0.2, -0.15) is 8.78 Å². The molecular formula is C21H24F2N4O4S. The molecule has 11 heteroatoms. The number of amides is 1. The molecule has 2 aromatic rings. The van der Waals surface area contributed by atoms with Crippen molar-refractivity contribution in [2.45, 2.75) is 68.8 Å². The number of benzene rings is 1. The molecule has 1 aromatic heterocycles. The first-order valence-corrected chi connectivity index (χ1v) is 12.6. The van der Waals surface area contributed by atoms with Crippen molar-refractivity contribution in [3.8, 4) is 11.5 Å². The van der Waals surface area contributed by atoms with E-state index in [2.05, 4.69) is 15.5 Å². The Balaban J connectivity index is 1.33. The molecule has 5 rings (SSSR count). The van der Waals surface area contributed by atoms with Gasteiger partial charge in [-0.05, 0) is 43.4 Å². The van der Waals surface area contributed by atoms with Crippen LogP contribution in [0, 0.1) is 0 Å². The van der Waals surface area contributed by atoms with Crippen LogP contribution in [0.3, 0.4) is 0 Å². The fraction of sp³-hybridized carbons (Fsp3) is 0.571. The molecule has 0 spiro atoms. The smallest absolute Gasteiger partial charge is 0.314 e. The lowest BCUT2D eigenvalue weighted by Gasteiger charge is -2.38. The summed E-state index contributed by atoms with van der Waals surface area (Å²) in [4.78, 5) is 15.1. The second kappa shape index (κ2) is 8.18. The predicted molar refractivity (Wildman–Crippen MR) is 111 cm³/mol. The number of fused-ring (bicyclic) bond motifs is 1. The molecule has 1 aromatic carbocycles. The van der Waals surface area contributed by atoms with E-state index in [9.17, 15) is 22.0 Å². The van der Waals surface area contributed by atoms with Crippen molar-refractivity contribution >= 4 is 15.7 Å². The molecule has 2 fully saturated rings. The van der Waals surface area contributed by atoms with Crippen molar-refractivity contribution in [1.82, 2.24) is 20.4 Å². The zero-order valence-corrected chi connectivity index (χ0v) is 18.2. The van der Waals surface area contributed by atoms with Crippen LogP contribution in [0.2, 0.25) is 0 Å². The number of hydrogen-bond donors (Lipinski definition) is 1. The predicted octanol–water partition coefficient (Wildman–Crippen LogP) is 3.07. The zero-order valence-electron chi connectivity index (χ0n) is 17.3. The maximum absolute atomic E-state index is 13.3. The average Bonchev–Trinajstić information content (AvgIpc) is 3.45. The van der Waals surface area contributed by atoms with Crippen molar-refractivity contribution in [2.75, 3.05) is 5.88 Å². The Morgan fingerprint density at radius 2 is 1.94 bits per heavy atom. The molecule has 3 aliphatic rings. The van der Waals surface area contributed by atoms with E-state index in [0.717, 1.165) is 44.1 Å². The lowest BCUT2D eigenvalue weighted by molar-refractivity contribution is 0.0608. The summed E-state index contributed by atoms with van der Waals surface area (Å²) in [6, 6.07) is 4.87. The van der Waals surface area contributed by atoms with E-state index in [4.69, 9.17) is 4.42 Å². The highest BCUT2D eigenvalue weighted by molar-refractivity contribution is 7.92. The number of nitrogens with zero attached hydrogens (tertiary/aromatic N) is 3. The van der Waals surface area contributed by atoms with Gasteiger partial charge in [0.25, 0.3) is 11.8 Å². The second-order valence-corrected chi connectivity index (χ2v) is 11.0. The highest BCUT2D eigenvalue weighted by atomic mass is 32.2. The van der Waals surface area contributed by atoms with E-state index < -0.39 is 22.2 Å². The normalized spacial score (nSPS) is 23.7. The van der Waals surface area contributed by atoms with E-state index in [-0.39, 0.29) is 35.0 Å². The van der Waals surface area contributed by atoms with Gasteiger partial charge in [-0.15, -0.1) is 10.2 Å². The minimum Gasteiger partial charge on any atom is -0.415 e. The largest absolute Gasteiger partial charge is 0.415 e. The molecule has 0 saturated heterocycles. The number of hydrogen-bond acceptors (Lipinski definition) is 7. The van der Waals surface area contributed by atoms with Gasteiger partial charge in [0.15, 0.2) is 9.84 Å². The Morgan fingerprint density at radius 3 is 2.66 bits per heavy atom. The van der Waals surface area contributed by atoms with Gasteiger partial charge in [-0.1, -0.05) is 18.9 Å². The summed E-state index contributed by atoms with van der Waals surface area (Å²) in [5, 5.41) is 10.0. The third-order valence-corrected chi connectivity index (χ3v) is 8.58. The number of carbonyl (C=O) groups excluding carboxylic acids is 1. The molecule has 172 valence electrons. The van der Waals surface area contributed by atoms with Crippen LogP contribution >= 0.6 is 0 Å². The SMILES string of the molecule is O=C1c2cc(-c3nnc(C(F)F)o3)ccc2CN1[C@@H]1CCCC[C@H]1NCS(=O)(=O)C1CC1. The van der Waals surface area contributed by atoms with Crippen LogP contribution < -0.4 is 5.32 Å². The maximum atomic E-state index is 13.3. The van der Waals surface area contributed by atoms with E-state index in [1.54, 1.807) is 23.1 Å². The van der Waals surface area contributed by atoms with Gasteiger partial charge in [-0.3, -0.25) is 10.1 Å². The number of sulfone groups is 1. The number of alkyl halides is 2. The molecule has 32 heavy (non-hydrogen) atoms. The van der Waals surface area contributed by atoms with E-state index in [1.807, 2.05) is 0 Å². The molecule has 1 N–H and O–H groups in total. The number of nitrogens with one attached hydrogen (secondary N) is 1. The lowest BCUT2D eigenvalue weighted by Crippen LogP contribution is -2.53. The summed E-state index contributed by atoms with van der Waals surface area (Å²) < 4.78 is 55.1. The van der Waals surface area contributed by atoms with Crippen LogP contribution in [-0.2, 0) is 16.4 Å². The zero-order chi connectivity index (χ0) is 22.5. The molecule has 0 unspecified atom stereocenters. The topological polar surface area (TPSA) is 105 Å². The Labute approximate surface area is 184 Å². The van der Waals surface area contributed by atoms with Gasteiger partial charge >= 0.3 is 6.43 Å². The van der Waals surface area contributed by atoms with Crippen LogP contribution in [0.1, 0.15) is 66.8 Å². The van der Waals surface area contributed by atoms with Crippen molar-refractivity contribution in [1.29, 1.82) is 0 Å². The highest BCUT2D eigenvalue weighted by Crippen LogP contribution is 2.34. The summed E-state index contributed by atoms with van der Waals surface area (Å²) in [6.07, 6.45) is 2.19. The molecule has 8 nitrogen and oxygen atoms in total. The third kappa shape index (κ3) is 4.03. The van der Waals surface area contributed by atoms with Crippen LogP contribution in [0.5, 0.6) is 0 Å². The van der Waals surface area contributed by atoms with Gasteiger partial charge in [0.1, 0.15) is 0 Å². The quantitative estimate of drug-likeness (QED) is 0.669. The van der Waals surface area contributed by atoms with Crippen molar-refractivity contribution in [2.24, 2.45) is 0 Å². The van der Waals surface area contributed by atoms with Gasteiger partial charge in [0.2, 0.25) is 5.89 Å². The maximum Gasteiger partial charge on any atom is 0.314 e. The molecule has 1 amide bonds. The van der Waals surface area contributed by atoms with E-state index in [0.29, 0.717) is 17.7 Å². The van der Waals surface area contributed by atoms with Crippen molar-refractivity contribution in [3.63, 3.8) is 0 Å². The summed E-state index contributed by atoms with van der Waals surface area (Å²) in [5.74, 6) is -1.02. The number of halogens is 2. The van der Waals surface area contributed by atoms with Crippen molar-refractivity contribution in [3.05, 3.63) is 35.2 Å². The van der Waals surface area contributed by atoms with E-state index >= 15 is 0 Å².